The Morgan fingerprint density at radius 1 is 1.32 bits per heavy atom. The van der Waals surface area contributed by atoms with Crippen molar-refractivity contribution < 1.29 is 4.79 Å². The lowest BCUT2D eigenvalue weighted by atomic mass is 9.84. The summed E-state index contributed by atoms with van der Waals surface area (Å²) in [6.07, 6.45) is 0.733. The average molecular weight is 343 g/mol. The first kappa shape index (κ1) is 17.6. The van der Waals surface area contributed by atoms with Gasteiger partial charge in [-0.2, -0.15) is 0 Å². The number of nitrogens with one attached hydrogen (secondary N) is 1. The van der Waals surface area contributed by atoms with Crippen LogP contribution in [0.5, 0.6) is 0 Å². The highest BCUT2D eigenvalue weighted by Gasteiger charge is 2.42. The molecule has 0 radical (unpaired) electrons. The van der Waals surface area contributed by atoms with Gasteiger partial charge in [-0.05, 0) is 36.0 Å². The zero-order chi connectivity index (χ0) is 15.0. The predicted octanol–water partition coefficient (Wildman–Crippen LogP) is 3.01. The first-order valence-electron chi connectivity index (χ1n) is 7.70. The minimum absolute atomic E-state index is 0. The van der Waals surface area contributed by atoms with Crippen LogP contribution in [0.25, 0.3) is 0 Å². The second-order valence-corrected chi connectivity index (χ2v) is 7.52. The number of carbonyl (C=O) groups is 1. The van der Waals surface area contributed by atoms with E-state index < -0.39 is 0 Å². The van der Waals surface area contributed by atoms with Crippen molar-refractivity contribution in [1.29, 1.82) is 0 Å². The van der Waals surface area contributed by atoms with Crippen molar-refractivity contribution in [1.82, 2.24) is 10.2 Å². The van der Waals surface area contributed by atoms with Crippen LogP contribution in [-0.2, 0) is 11.2 Å². The Morgan fingerprint density at radius 2 is 1.95 bits per heavy atom. The molecule has 2 aliphatic heterocycles. The SMILES string of the molecule is CC(C)(Cc1cccc(Cl)c1)C(=O)N1C[C@H]2CNC[C@H]2C1.Cl. The lowest BCUT2D eigenvalue weighted by Gasteiger charge is -2.30. The van der Waals surface area contributed by atoms with E-state index in [1.165, 1.54) is 0 Å². The van der Waals surface area contributed by atoms with Gasteiger partial charge in [-0.15, -0.1) is 12.4 Å². The van der Waals surface area contributed by atoms with Crippen LogP contribution in [0.15, 0.2) is 24.3 Å². The predicted molar refractivity (Wildman–Crippen MR) is 92.6 cm³/mol. The summed E-state index contributed by atoms with van der Waals surface area (Å²) in [5.74, 6) is 1.57. The van der Waals surface area contributed by atoms with E-state index in [1.807, 2.05) is 38.1 Å². The van der Waals surface area contributed by atoms with E-state index in [-0.39, 0.29) is 23.7 Å². The zero-order valence-electron chi connectivity index (χ0n) is 13.1. The Bertz CT molecular complexity index is 535. The van der Waals surface area contributed by atoms with E-state index >= 15 is 0 Å². The van der Waals surface area contributed by atoms with Gasteiger partial charge >= 0.3 is 0 Å². The van der Waals surface area contributed by atoms with Crippen LogP contribution in [0.1, 0.15) is 19.4 Å². The molecule has 0 spiro atoms. The van der Waals surface area contributed by atoms with Crippen LogP contribution in [0, 0.1) is 17.3 Å². The lowest BCUT2D eigenvalue weighted by Crippen LogP contribution is -2.42. The fraction of sp³-hybridized carbons (Fsp3) is 0.588. The summed E-state index contributed by atoms with van der Waals surface area (Å²) in [5, 5.41) is 4.15. The molecule has 2 fully saturated rings. The van der Waals surface area contributed by atoms with Gasteiger partial charge < -0.3 is 10.2 Å². The molecule has 0 aliphatic carbocycles. The molecule has 2 heterocycles. The molecule has 22 heavy (non-hydrogen) atoms. The first-order chi connectivity index (χ1) is 9.95. The van der Waals surface area contributed by atoms with Crippen LogP contribution in [0.3, 0.4) is 0 Å². The Hall–Kier alpha value is -0.770. The Labute approximate surface area is 143 Å². The van der Waals surface area contributed by atoms with Crippen molar-refractivity contribution in [3.8, 4) is 0 Å². The molecule has 0 bridgehead atoms. The van der Waals surface area contributed by atoms with Gasteiger partial charge in [0.05, 0.1) is 0 Å². The van der Waals surface area contributed by atoms with Crippen LogP contribution in [0.4, 0.5) is 0 Å². The number of halogens is 2. The van der Waals surface area contributed by atoms with Crippen LogP contribution >= 0.6 is 24.0 Å². The normalized spacial score (nSPS) is 24.0. The number of nitrogens with zero attached hydrogens (tertiary/aromatic N) is 1. The standard InChI is InChI=1S/C17H23ClN2O.ClH/c1-17(2,7-12-4-3-5-15(18)6-12)16(21)20-10-13-8-19-9-14(13)11-20;/h3-6,13-14,19H,7-11H2,1-2H3;1H/t13-,14+;. The van der Waals surface area contributed by atoms with E-state index in [1.54, 1.807) is 0 Å². The van der Waals surface area contributed by atoms with E-state index in [9.17, 15) is 4.79 Å². The van der Waals surface area contributed by atoms with E-state index in [2.05, 4.69) is 10.2 Å². The molecule has 3 nitrogen and oxygen atoms in total. The Kier molecular flexibility index (Phi) is 5.41. The third-order valence-corrected chi connectivity index (χ3v) is 5.03. The number of likely N-dealkylation sites (tertiary alicyclic amines) is 1. The van der Waals surface area contributed by atoms with Gasteiger partial charge in [-0.3, -0.25) is 4.79 Å². The van der Waals surface area contributed by atoms with Crippen molar-refractivity contribution in [3.63, 3.8) is 0 Å². The number of benzene rings is 1. The number of hydrogen-bond acceptors (Lipinski definition) is 2. The largest absolute Gasteiger partial charge is 0.342 e. The maximum atomic E-state index is 12.9. The van der Waals surface area contributed by atoms with E-state index in [0.29, 0.717) is 11.8 Å². The van der Waals surface area contributed by atoms with Gasteiger partial charge in [0.15, 0.2) is 0 Å². The summed E-state index contributed by atoms with van der Waals surface area (Å²) in [5.41, 5.74) is 0.749. The Balaban J connectivity index is 0.00000176. The highest BCUT2D eigenvalue weighted by Crippen LogP contribution is 2.32. The maximum Gasteiger partial charge on any atom is 0.228 e. The molecule has 0 unspecified atom stereocenters. The zero-order valence-corrected chi connectivity index (χ0v) is 14.7. The molecule has 2 aliphatic rings. The molecule has 0 saturated carbocycles. The van der Waals surface area contributed by atoms with Crippen LogP contribution in [-0.4, -0.2) is 37.0 Å². The number of fused-ring (bicyclic) bond motifs is 1. The maximum absolute atomic E-state index is 12.9. The van der Waals surface area contributed by atoms with Gasteiger partial charge in [0.25, 0.3) is 0 Å². The topological polar surface area (TPSA) is 32.3 Å². The highest BCUT2D eigenvalue weighted by atomic mass is 35.5. The van der Waals surface area contributed by atoms with Crippen molar-refractivity contribution in [2.45, 2.75) is 20.3 Å². The monoisotopic (exact) mass is 342 g/mol. The van der Waals surface area contributed by atoms with Gasteiger partial charge in [0, 0.05) is 36.6 Å². The van der Waals surface area contributed by atoms with Crippen LogP contribution in [0.2, 0.25) is 5.02 Å². The summed E-state index contributed by atoms with van der Waals surface area (Å²) in [7, 11) is 0. The van der Waals surface area contributed by atoms with E-state index in [0.717, 1.165) is 43.2 Å². The number of hydrogen-bond donors (Lipinski definition) is 1. The van der Waals surface area contributed by atoms with Crippen molar-refractivity contribution in [2.24, 2.45) is 17.3 Å². The summed E-state index contributed by atoms with van der Waals surface area (Å²) in [4.78, 5) is 14.9. The third kappa shape index (κ3) is 3.58. The first-order valence-corrected chi connectivity index (χ1v) is 8.08. The second kappa shape index (κ2) is 6.77. The van der Waals surface area contributed by atoms with Crippen molar-refractivity contribution in [3.05, 3.63) is 34.9 Å². The molecule has 0 aromatic heterocycles. The van der Waals surface area contributed by atoms with Gasteiger partial charge in [0.1, 0.15) is 0 Å². The number of rotatable bonds is 3. The molecule has 1 amide bonds. The van der Waals surface area contributed by atoms with Gasteiger partial charge in [0.2, 0.25) is 5.91 Å². The molecule has 3 rings (SSSR count). The highest BCUT2D eigenvalue weighted by molar-refractivity contribution is 6.30. The second-order valence-electron chi connectivity index (χ2n) is 7.08. The van der Waals surface area contributed by atoms with Gasteiger partial charge in [-0.1, -0.05) is 37.6 Å². The summed E-state index contributed by atoms with van der Waals surface area (Å²) >= 11 is 6.04. The summed E-state index contributed by atoms with van der Waals surface area (Å²) in [6, 6.07) is 7.82. The number of amides is 1. The molecule has 2 atom stereocenters. The quantitative estimate of drug-likeness (QED) is 0.915. The fourth-order valence-electron chi connectivity index (χ4n) is 3.68. The molecule has 1 aromatic rings. The molecular weight excluding hydrogens is 319 g/mol. The number of carbonyl (C=O) groups excluding carboxylic acids is 1. The Morgan fingerprint density at radius 3 is 2.55 bits per heavy atom. The minimum atomic E-state index is -0.378. The van der Waals surface area contributed by atoms with E-state index in [4.69, 9.17) is 11.6 Å². The van der Waals surface area contributed by atoms with Crippen molar-refractivity contribution >= 4 is 29.9 Å². The minimum Gasteiger partial charge on any atom is -0.342 e. The molecule has 1 N–H and O–H groups in total. The molecular formula is C17H24Cl2N2O. The van der Waals surface area contributed by atoms with Crippen LogP contribution < -0.4 is 5.32 Å². The molecule has 122 valence electrons. The third-order valence-electron chi connectivity index (χ3n) is 4.79. The summed E-state index contributed by atoms with van der Waals surface area (Å²) < 4.78 is 0. The van der Waals surface area contributed by atoms with Gasteiger partial charge in [-0.25, -0.2) is 0 Å². The van der Waals surface area contributed by atoms with Crippen molar-refractivity contribution in [2.75, 3.05) is 26.2 Å². The lowest BCUT2D eigenvalue weighted by molar-refractivity contribution is -0.139. The molecule has 2 saturated heterocycles. The molecule has 1 aromatic carbocycles. The fourth-order valence-corrected chi connectivity index (χ4v) is 3.89. The smallest absolute Gasteiger partial charge is 0.228 e. The average Bonchev–Trinajstić information content (AvgIpc) is 2.97. The molecule has 5 heteroatoms. The summed E-state index contributed by atoms with van der Waals surface area (Å²) in [6.45, 7) is 8.03.